The van der Waals surface area contributed by atoms with Crippen molar-refractivity contribution in [1.29, 1.82) is 0 Å². The average molecular weight is 270 g/mol. The highest BCUT2D eigenvalue weighted by atomic mass is 79.9. The van der Waals surface area contributed by atoms with Crippen molar-refractivity contribution in [3.8, 4) is 0 Å². The van der Waals surface area contributed by atoms with E-state index >= 15 is 0 Å². The number of ketones is 1. The number of carbonyl (C=O) groups excluding carboxylic acids is 2. The Labute approximate surface area is 94.4 Å². The molecule has 2 rings (SSSR count). The fourth-order valence-corrected chi connectivity index (χ4v) is 1.78. The molecule has 78 valence electrons. The zero-order chi connectivity index (χ0) is 11.0. The molecular formula is C9H8BrN3O2. The SMILES string of the molecule is Nc1ncc(Br)cc1N1CC(=O)CC1=O. The van der Waals surface area contributed by atoms with Crippen molar-refractivity contribution in [2.75, 3.05) is 17.2 Å². The molecule has 0 unspecified atom stereocenters. The monoisotopic (exact) mass is 269 g/mol. The number of aromatic nitrogens is 1. The molecular weight excluding hydrogens is 262 g/mol. The molecule has 5 nitrogen and oxygen atoms in total. The van der Waals surface area contributed by atoms with Crippen LogP contribution in [0.15, 0.2) is 16.7 Å². The number of hydrogen-bond acceptors (Lipinski definition) is 4. The lowest BCUT2D eigenvalue weighted by molar-refractivity contribution is -0.121. The van der Waals surface area contributed by atoms with Crippen molar-refractivity contribution >= 4 is 39.1 Å². The molecule has 1 aromatic rings. The Bertz CT molecular complexity index is 447. The van der Waals surface area contributed by atoms with Crippen molar-refractivity contribution in [1.82, 2.24) is 4.98 Å². The normalized spacial score (nSPS) is 16.2. The number of carbonyl (C=O) groups is 2. The van der Waals surface area contributed by atoms with Crippen LogP contribution in [0, 0.1) is 0 Å². The van der Waals surface area contributed by atoms with E-state index in [-0.39, 0.29) is 30.5 Å². The lowest BCUT2D eigenvalue weighted by Crippen LogP contribution is -2.25. The highest BCUT2D eigenvalue weighted by Gasteiger charge is 2.30. The Morgan fingerprint density at radius 2 is 2.20 bits per heavy atom. The van der Waals surface area contributed by atoms with Gasteiger partial charge in [0.25, 0.3) is 0 Å². The molecule has 0 spiro atoms. The fraction of sp³-hybridized carbons (Fsp3) is 0.222. The van der Waals surface area contributed by atoms with Gasteiger partial charge in [-0.3, -0.25) is 9.59 Å². The van der Waals surface area contributed by atoms with Crippen LogP contribution in [0.3, 0.4) is 0 Å². The maximum absolute atomic E-state index is 11.5. The van der Waals surface area contributed by atoms with Gasteiger partial charge >= 0.3 is 0 Å². The number of amides is 1. The molecule has 2 heterocycles. The maximum Gasteiger partial charge on any atom is 0.235 e. The van der Waals surface area contributed by atoms with Crippen molar-refractivity contribution in [3.05, 3.63) is 16.7 Å². The van der Waals surface area contributed by atoms with Gasteiger partial charge in [-0.2, -0.15) is 0 Å². The summed E-state index contributed by atoms with van der Waals surface area (Å²) in [6.45, 7) is 0.0845. The molecule has 0 bridgehead atoms. The van der Waals surface area contributed by atoms with E-state index in [1.807, 2.05) is 0 Å². The first-order valence-electron chi connectivity index (χ1n) is 4.31. The lowest BCUT2D eigenvalue weighted by atomic mass is 10.3. The Kier molecular flexibility index (Phi) is 2.44. The van der Waals surface area contributed by atoms with Gasteiger partial charge in [-0.25, -0.2) is 4.98 Å². The predicted molar refractivity (Wildman–Crippen MR) is 58.3 cm³/mol. The first-order valence-corrected chi connectivity index (χ1v) is 5.10. The topological polar surface area (TPSA) is 76.3 Å². The molecule has 0 aliphatic carbocycles. The molecule has 1 amide bonds. The Morgan fingerprint density at radius 3 is 2.80 bits per heavy atom. The van der Waals surface area contributed by atoms with Crippen molar-refractivity contribution < 1.29 is 9.59 Å². The minimum absolute atomic E-state index is 0.0496. The van der Waals surface area contributed by atoms with Gasteiger partial charge in [0.15, 0.2) is 5.78 Å². The quantitative estimate of drug-likeness (QED) is 0.763. The van der Waals surface area contributed by atoms with E-state index in [1.165, 1.54) is 4.90 Å². The third-order valence-corrected chi connectivity index (χ3v) is 2.57. The van der Waals surface area contributed by atoms with Gasteiger partial charge < -0.3 is 10.6 Å². The second-order valence-electron chi connectivity index (χ2n) is 3.25. The highest BCUT2D eigenvalue weighted by molar-refractivity contribution is 9.10. The molecule has 0 aromatic carbocycles. The van der Waals surface area contributed by atoms with Crippen molar-refractivity contribution in [2.24, 2.45) is 0 Å². The number of nitrogens with zero attached hydrogens (tertiary/aromatic N) is 2. The molecule has 1 aliphatic heterocycles. The standard InChI is InChI=1S/C9H8BrN3O2/c10-5-1-7(9(11)12-3-5)13-4-6(14)2-8(13)15/h1,3H,2,4H2,(H2,11,12). The van der Waals surface area contributed by atoms with Crippen LogP contribution in [-0.2, 0) is 9.59 Å². The van der Waals surface area contributed by atoms with E-state index in [1.54, 1.807) is 12.3 Å². The summed E-state index contributed by atoms with van der Waals surface area (Å²) in [7, 11) is 0. The van der Waals surface area contributed by atoms with Crippen molar-refractivity contribution in [3.63, 3.8) is 0 Å². The predicted octanol–water partition coefficient (Wildman–Crippen LogP) is 0.732. The van der Waals surface area contributed by atoms with E-state index in [0.717, 1.165) is 4.47 Å². The highest BCUT2D eigenvalue weighted by Crippen LogP contribution is 2.27. The molecule has 0 radical (unpaired) electrons. The summed E-state index contributed by atoms with van der Waals surface area (Å²) in [6, 6.07) is 1.68. The number of nitrogen functional groups attached to an aromatic ring is 1. The number of anilines is 2. The average Bonchev–Trinajstić information content (AvgIpc) is 2.50. The van der Waals surface area contributed by atoms with Crippen LogP contribution < -0.4 is 10.6 Å². The molecule has 15 heavy (non-hydrogen) atoms. The molecule has 1 saturated heterocycles. The van der Waals surface area contributed by atoms with Crippen LogP contribution in [-0.4, -0.2) is 23.2 Å². The zero-order valence-electron chi connectivity index (χ0n) is 7.74. The molecule has 0 atom stereocenters. The number of pyridine rings is 1. The van der Waals surface area contributed by atoms with Gasteiger partial charge in [0, 0.05) is 10.7 Å². The summed E-state index contributed by atoms with van der Waals surface area (Å²) in [5.41, 5.74) is 6.13. The molecule has 6 heteroatoms. The van der Waals surface area contributed by atoms with Gasteiger partial charge in [0.05, 0.1) is 18.7 Å². The molecule has 1 fully saturated rings. The van der Waals surface area contributed by atoms with Crippen LogP contribution in [0.4, 0.5) is 11.5 Å². The minimum atomic E-state index is -0.230. The lowest BCUT2D eigenvalue weighted by Gasteiger charge is -2.16. The number of rotatable bonds is 1. The van der Waals surface area contributed by atoms with Gasteiger partial charge in [-0.1, -0.05) is 0 Å². The van der Waals surface area contributed by atoms with Crippen molar-refractivity contribution in [2.45, 2.75) is 6.42 Å². The Balaban J connectivity index is 2.41. The van der Waals surface area contributed by atoms with Gasteiger partial charge in [0.2, 0.25) is 5.91 Å². The summed E-state index contributed by atoms with van der Waals surface area (Å²) in [4.78, 5) is 27.8. The maximum atomic E-state index is 11.5. The van der Waals surface area contributed by atoms with E-state index in [0.29, 0.717) is 5.69 Å². The largest absolute Gasteiger partial charge is 0.382 e. The van der Waals surface area contributed by atoms with Crippen LogP contribution >= 0.6 is 15.9 Å². The molecule has 0 saturated carbocycles. The summed E-state index contributed by atoms with van der Waals surface area (Å²) in [6.07, 6.45) is 1.49. The number of halogens is 1. The van der Waals surface area contributed by atoms with E-state index in [4.69, 9.17) is 5.73 Å². The third-order valence-electron chi connectivity index (χ3n) is 2.14. The van der Waals surface area contributed by atoms with E-state index in [2.05, 4.69) is 20.9 Å². The Morgan fingerprint density at radius 1 is 1.47 bits per heavy atom. The van der Waals surface area contributed by atoms with E-state index < -0.39 is 0 Å². The smallest absolute Gasteiger partial charge is 0.235 e. The first kappa shape index (κ1) is 10.1. The van der Waals surface area contributed by atoms with Gasteiger partial charge in [-0.15, -0.1) is 0 Å². The fourth-order valence-electron chi connectivity index (χ4n) is 1.46. The number of nitrogens with two attached hydrogens (primary N) is 1. The molecule has 2 N–H and O–H groups in total. The third kappa shape index (κ3) is 1.85. The first-order chi connectivity index (χ1) is 7.08. The van der Waals surface area contributed by atoms with Gasteiger partial charge in [0.1, 0.15) is 5.82 Å². The number of hydrogen-bond donors (Lipinski definition) is 1. The van der Waals surface area contributed by atoms with Crippen LogP contribution in [0.2, 0.25) is 0 Å². The van der Waals surface area contributed by atoms with Crippen LogP contribution in [0.25, 0.3) is 0 Å². The van der Waals surface area contributed by atoms with Crippen LogP contribution in [0.1, 0.15) is 6.42 Å². The van der Waals surface area contributed by atoms with Gasteiger partial charge in [-0.05, 0) is 22.0 Å². The zero-order valence-corrected chi connectivity index (χ0v) is 9.32. The Hall–Kier alpha value is -1.43. The summed E-state index contributed by atoms with van der Waals surface area (Å²) in [5.74, 6) is -0.0766. The second-order valence-corrected chi connectivity index (χ2v) is 4.17. The second kappa shape index (κ2) is 3.62. The number of Topliss-reactive ketones (excluding diaryl/α,β-unsaturated/α-hetero) is 1. The van der Waals surface area contributed by atoms with Crippen LogP contribution in [0.5, 0.6) is 0 Å². The summed E-state index contributed by atoms with van der Waals surface area (Å²) < 4.78 is 0.721. The molecule has 1 aromatic heterocycles. The molecule has 1 aliphatic rings. The summed E-state index contributed by atoms with van der Waals surface area (Å²) in [5, 5.41) is 0. The summed E-state index contributed by atoms with van der Waals surface area (Å²) >= 11 is 3.24. The van der Waals surface area contributed by atoms with E-state index in [9.17, 15) is 9.59 Å². The minimum Gasteiger partial charge on any atom is -0.382 e.